The van der Waals surface area contributed by atoms with Crippen LogP contribution in [0, 0.1) is 11.8 Å². The number of aliphatic carboxylic acids is 1. The number of aliphatic hydroxyl groups excluding tert-OH is 1. The van der Waals surface area contributed by atoms with Crippen LogP contribution in [0.15, 0.2) is 0 Å². The summed E-state index contributed by atoms with van der Waals surface area (Å²) >= 11 is 0. The van der Waals surface area contributed by atoms with Gasteiger partial charge in [0.25, 0.3) is 0 Å². The van der Waals surface area contributed by atoms with Gasteiger partial charge in [-0.2, -0.15) is 0 Å². The van der Waals surface area contributed by atoms with Gasteiger partial charge in [-0.25, -0.2) is 4.79 Å². The Kier molecular flexibility index (Phi) is 6.03. The third-order valence-electron chi connectivity index (χ3n) is 2.23. The molecule has 16 heavy (non-hydrogen) atoms. The van der Waals surface area contributed by atoms with Gasteiger partial charge in [0.1, 0.15) is 12.1 Å². The van der Waals surface area contributed by atoms with Crippen LogP contribution in [0.25, 0.3) is 0 Å². The first-order chi connectivity index (χ1) is 7.25. The summed E-state index contributed by atoms with van der Waals surface area (Å²) in [6, 6.07) is -0.950. The lowest BCUT2D eigenvalue weighted by Gasteiger charge is -2.20. The topological polar surface area (TPSA) is 86.6 Å². The minimum Gasteiger partial charge on any atom is -0.480 e. The van der Waals surface area contributed by atoms with E-state index in [2.05, 4.69) is 5.32 Å². The highest BCUT2D eigenvalue weighted by Gasteiger charge is 2.26. The maximum atomic E-state index is 11.5. The fourth-order valence-corrected chi connectivity index (χ4v) is 1.32. The SMILES string of the molecule is CC(C)C[C@H](O)C(=O)N[C@@H](C(=O)O)C(C)C. The fourth-order valence-electron chi connectivity index (χ4n) is 1.32. The molecule has 5 nitrogen and oxygen atoms in total. The molecule has 3 N–H and O–H groups in total. The molecule has 0 saturated carbocycles. The number of carbonyl (C=O) groups excluding carboxylic acids is 1. The lowest BCUT2D eigenvalue weighted by Crippen LogP contribution is -2.48. The van der Waals surface area contributed by atoms with E-state index in [0.717, 1.165) is 0 Å². The zero-order chi connectivity index (χ0) is 12.9. The summed E-state index contributed by atoms with van der Waals surface area (Å²) in [5.74, 6) is -1.73. The first-order valence-electron chi connectivity index (χ1n) is 5.47. The summed E-state index contributed by atoms with van der Waals surface area (Å²) in [6.07, 6.45) is -0.809. The minimum absolute atomic E-state index is 0.183. The number of nitrogens with one attached hydrogen (secondary N) is 1. The van der Waals surface area contributed by atoms with Crippen LogP contribution in [0.1, 0.15) is 34.1 Å². The quantitative estimate of drug-likeness (QED) is 0.625. The van der Waals surface area contributed by atoms with Gasteiger partial charge in [0.15, 0.2) is 0 Å². The van der Waals surface area contributed by atoms with E-state index < -0.39 is 24.0 Å². The number of hydrogen-bond donors (Lipinski definition) is 3. The number of carbonyl (C=O) groups is 2. The molecule has 0 unspecified atom stereocenters. The highest BCUT2D eigenvalue weighted by Crippen LogP contribution is 2.07. The third-order valence-corrected chi connectivity index (χ3v) is 2.23. The van der Waals surface area contributed by atoms with Gasteiger partial charge in [0.2, 0.25) is 5.91 Å². The standard InChI is InChI=1S/C11H21NO4/c1-6(2)5-8(13)10(14)12-9(7(3)4)11(15)16/h6-9,13H,5H2,1-4H3,(H,12,14)(H,15,16)/t8-,9+/m0/s1. The van der Waals surface area contributed by atoms with E-state index in [9.17, 15) is 14.7 Å². The van der Waals surface area contributed by atoms with E-state index in [1.54, 1.807) is 13.8 Å². The molecular formula is C11H21NO4. The Morgan fingerprint density at radius 2 is 1.69 bits per heavy atom. The molecule has 1 amide bonds. The average Bonchev–Trinajstić information content (AvgIpc) is 2.11. The monoisotopic (exact) mass is 231 g/mol. The van der Waals surface area contributed by atoms with E-state index in [1.165, 1.54) is 0 Å². The van der Waals surface area contributed by atoms with Crippen LogP contribution in [0.2, 0.25) is 0 Å². The number of rotatable bonds is 6. The maximum absolute atomic E-state index is 11.5. The van der Waals surface area contributed by atoms with Gasteiger partial charge in [-0.3, -0.25) is 4.79 Å². The van der Waals surface area contributed by atoms with Crippen molar-refractivity contribution in [2.24, 2.45) is 11.8 Å². The second-order valence-corrected chi connectivity index (χ2v) is 4.71. The van der Waals surface area contributed by atoms with E-state index in [0.29, 0.717) is 6.42 Å². The molecule has 2 atom stereocenters. The first-order valence-corrected chi connectivity index (χ1v) is 5.47. The lowest BCUT2D eigenvalue weighted by molar-refractivity contribution is -0.144. The number of amides is 1. The van der Waals surface area contributed by atoms with Crippen molar-refractivity contribution in [1.82, 2.24) is 5.32 Å². The normalized spacial score (nSPS) is 14.9. The van der Waals surface area contributed by atoms with Crippen molar-refractivity contribution in [3.05, 3.63) is 0 Å². The lowest BCUT2D eigenvalue weighted by atomic mass is 10.0. The highest BCUT2D eigenvalue weighted by molar-refractivity contribution is 5.86. The number of hydrogen-bond acceptors (Lipinski definition) is 3. The summed E-state index contributed by atoms with van der Waals surface area (Å²) in [5, 5.41) is 20.7. The van der Waals surface area contributed by atoms with Crippen molar-refractivity contribution >= 4 is 11.9 Å². The zero-order valence-electron chi connectivity index (χ0n) is 10.2. The molecule has 0 spiro atoms. The molecule has 0 radical (unpaired) electrons. The molecular weight excluding hydrogens is 210 g/mol. The summed E-state index contributed by atoms with van der Waals surface area (Å²) in [5.41, 5.74) is 0. The van der Waals surface area contributed by atoms with Crippen molar-refractivity contribution in [2.75, 3.05) is 0 Å². The van der Waals surface area contributed by atoms with Crippen LogP contribution in [-0.4, -0.2) is 34.2 Å². The smallest absolute Gasteiger partial charge is 0.326 e. The molecule has 0 saturated heterocycles. The van der Waals surface area contributed by atoms with Crippen molar-refractivity contribution in [1.29, 1.82) is 0 Å². The van der Waals surface area contributed by atoms with E-state index >= 15 is 0 Å². The Hall–Kier alpha value is -1.10. The van der Waals surface area contributed by atoms with Crippen LogP contribution in [0.4, 0.5) is 0 Å². The van der Waals surface area contributed by atoms with Gasteiger partial charge in [0.05, 0.1) is 0 Å². The van der Waals surface area contributed by atoms with Gasteiger partial charge >= 0.3 is 5.97 Å². The van der Waals surface area contributed by atoms with Crippen molar-refractivity contribution in [2.45, 2.75) is 46.3 Å². The van der Waals surface area contributed by atoms with Gasteiger partial charge in [-0.1, -0.05) is 27.7 Å². The molecule has 0 bridgehead atoms. The second kappa shape index (κ2) is 6.48. The minimum atomic E-state index is -1.14. The van der Waals surface area contributed by atoms with Gasteiger partial charge in [-0.15, -0.1) is 0 Å². The Balaban J connectivity index is 4.35. The number of carboxylic acid groups (broad SMARTS) is 1. The first kappa shape index (κ1) is 14.9. The molecule has 0 rings (SSSR count). The maximum Gasteiger partial charge on any atom is 0.326 e. The van der Waals surface area contributed by atoms with Crippen molar-refractivity contribution in [3.8, 4) is 0 Å². The van der Waals surface area contributed by atoms with Gasteiger partial charge < -0.3 is 15.5 Å². The Morgan fingerprint density at radius 1 is 1.19 bits per heavy atom. The third kappa shape index (κ3) is 5.11. The number of carboxylic acids is 1. The molecule has 0 aromatic carbocycles. The summed E-state index contributed by atoms with van der Waals surface area (Å²) in [7, 11) is 0. The Morgan fingerprint density at radius 3 is 2.00 bits per heavy atom. The van der Waals surface area contributed by atoms with Crippen molar-refractivity contribution in [3.63, 3.8) is 0 Å². The molecule has 0 fully saturated rings. The Bertz CT molecular complexity index is 250. The van der Waals surface area contributed by atoms with E-state index in [4.69, 9.17) is 5.11 Å². The molecule has 0 aromatic rings. The molecule has 5 heteroatoms. The molecule has 0 aliphatic carbocycles. The molecule has 0 aliphatic rings. The predicted molar refractivity (Wildman–Crippen MR) is 59.9 cm³/mol. The van der Waals surface area contributed by atoms with Crippen LogP contribution >= 0.6 is 0 Å². The zero-order valence-corrected chi connectivity index (χ0v) is 10.2. The second-order valence-electron chi connectivity index (χ2n) is 4.71. The van der Waals surface area contributed by atoms with Crippen LogP contribution < -0.4 is 5.32 Å². The summed E-state index contributed by atoms with van der Waals surface area (Å²) in [4.78, 5) is 22.3. The largest absolute Gasteiger partial charge is 0.480 e. The molecule has 94 valence electrons. The molecule has 0 aromatic heterocycles. The van der Waals surface area contributed by atoms with Crippen LogP contribution in [0.5, 0.6) is 0 Å². The summed E-state index contributed by atoms with van der Waals surface area (Å²) < 4.78 is 0. The van der Waals surface area contributed by atoms with Crippen LogP contribution in [-0.2, 0) is 9.59 Å². The fraction of sp³-hybridized carbons (Fsp3) is 0.818. The predicted octanol–water partition coefficient (Wildman–Crippen LogP) is 0.619. The van der Waals surface area contributed by atoms with Crippen LogP contribution in [0.3, 0.4) is 0 Å². The molecule has 0 heterocycles. The van der Waals surface area contributed by atoms with E-state index in [1.807, 2.05) is 13.8 Å². The van der Waals surface area contributed by atoms with Crippen molar-refractivity contribution < 1.29 is 19.8 Å². The molecule has 0 aliphatic heterocycles. The summed E-state index contributed by atoms with van der Waals surface area (Å²) in [6.45, 7) is 7.17. The average molecular weight is 231 g/mol. The Labute approximate surface area is 95.9 Å². The van der Waals surface area contributed by atoms with E-state index in [-0.39, 0.29) is 11.8 Å². The number of aliphatic hydroxyl groups is 1. The van der Waals surface area contributed by atoms with Gasteiger partial charge in [-0.05, 0) is 18.3 Å². The highest BCUT2D eigenvalue weighted by atomic mass is 16.4. The van der Waals surface area contributed by atoms with Gasteiger partial charge in [0, 0.05) is 0 Å².